The molecular weight excluding hydrogens is 430 g/mol. The van der Waals surface area contributed by atoms with Crippen molar-refractivity contribution in [1.29, 1.82) is 5.26 Å². The van der Waals surface area contributed by atoms with Crippen LogP contribution < -0.4 is 0 Å². The van der Waals surface area contributed by atoms with Gasteiger partial charge in [-0.25, -0.2) is 0 Å². The van der Waals surface area contributed by atoms with E-state index in [1.54, 1.807) is 66.9 Å². The topological polar surface area (TPSA) is 83.2 Å². The molecule has 0 aliphatic carbocycles. The fourth-order valence-electron chi connectivity index (χ4n) is 3.24. The minimum atomic E-state index is -4.05. The van der Waals surface area contributed by atoms with Crippen molar-refractivity contribution in [2.45, 2.75) is 4.90 Å². The minimum Gasteiger partial charge on any atom is -0.255 e. The number of fused-ring (bicyclic) bond motifs is 1. The fraction of sp³-hybridized carbons (Fsp3) is 0. The van der Waals surface area contributed by atoms with E-state index < -0.39 is 10.0 Å². The van der Waals surface area contributed by atoms with Crippen molar-refractivity contribution in [2.24, 2.45) is 4.40 Å². The Labute approximate surface area is 192 Å². The van der Waals surface area contributed by atoms with Gasteiger partial charge in [0.1, 0.15) is 4.90 Å². The summed E-state index contributed by atoms with van der Waals surface area (Å²) in [7, 11) is -4.05. The molecular formula is C27H19N3O2S. The van der Waals surface area contributed by atoms with Gasteiger partial charge in [0.2, 0.25) is 0 Å². The van der Waals surface area contributed by atoms with Crippen LogP contribution in [0.5, 0.6) is 0 Å². The number of sulfonamides is 1. The van der Waals surface area contributed by atoms with Crippen LogP contribution in [0.15, 0.2) is 119 Å². The first-order valence-electron chi connectivity index (χ1n) is 10.2. The normalized spacial score (nSPS) is 12.4. The number of benzene rings is 3. The van der Waals surface area contributed by atoms with Gasteiger partial charge in [-0.3, -0.25) is 4.98 Å². The number of para-hydroxylation sites is 1. The summed E-state index contributed by atoms with van der Waals surface area (Å²) in [6.45, 7) is 0. The molecule has 5 nitrogen and oxygen atoms in total. The van der Waals surface area contributed by atoms with Crippen LogP contribution in [0.2, 0.25) is 0 Å². The van der Waals surface area contributed by atoms with Crippen molar-refractivity contribution in [3.05, 3.63) is 126 Å². The van der Waals surface area contributed by atoms with E-state index in [0.29, 0.717) is 16.6 Å². The summed E-state index contributed by atoms with van der Waals surface area (Å²) in [4.78, 5) is 4.29. The van der Waals surface area contributed by atoms with Gasteiger partial charge >= 0.3 is 0 Å². The summed E-state index contributed by atoms with van der Waals surface area (Å²) in [6.07, 6.45) is 8.66. The highest BCUT2D eigenvalue weighted by molar-refractivity contribution is 7.90. The van der Waals surface area contributed by atoms with Gasteiger partial charge in [-0.1, -0.05) is 78.9 Å². The Hall–Kier alpha value is -4.34. The third kappa shape index (κ3) is 5.29. The molecule has 0 N–H and O–H groups in total. The molecule has 0 aliphatic rings. The molecule has 0 aliphatic heterocycles. The number of aromatic nitrogens is 1. The fourth-order valence-corrected chi connectivity index (χ4v) is 4.42. The molecule has 0 saturated carbocycles. The second kappa shape index (κ2) is 9.86. The first kappa shape index (κ1) is 21.9. The van der Waals surface area contributed by atoms with Gasteiger partial charge in [0.25, 0.3) is 10.0 Å². The second-order valence-corrected chi connectivity index (χ2v) is 8.67. The van der Waals surface area contributed by atoms with Gasteiger partial charge in [-0.05, 0) is 35.9 Å². The van der Waals surface area contributed by atoms with Crippen LogP contribution in [-0.4, -0.2) is 19.1 Å². The monoisotopic (exact) mass is 449 g/mol. The molecule has 0 radical (unpaired) electrons. The van der Waals surface area contributed by atoms with Crippen molar-refractivity contribution in [2.75, 3.05) is 0 Å². The number of pyridine rings is 1. The lowest BCUT2D eigenvalue weighted by molar-refractivity contribution is 0.599. The molecule has 0 unspecified atom stereocenters. The Morgan fingerprint density at radius 1 is 0.879 bits per heavy atom. The number of hydrogen-bond donors (Lipinski definition) is 0. The first-order valence-corrected chi connectivity index (χ1v) is 11.6. The van der Waals surface area contributed by atoms with Crippen molar-refractivity contribution < 1.29 is 8.42 Å². The van der Waals surface area contributed by atoms with Crippen molar-refractivity contribution in [1.82, 2.24) is 4.98 Å². The number of rotatable bonds is 6. The molecule has 3 aromatic carbocycles. The van der Waals surface area contributed by atoms with Crippen molar-refractivity contribution in [3.8, 4) is 6.07 Å². The third-order valence-electron chi connectivity index (χ3n) is 4.86. The molecule has 160 valence electrons. The summed E-state index contributed by atoms with van der Waals surface area (Å²) in [5.74, 6) is 0. The Morgan fingerprint density at radius 3 is 2.39 bits per heavy atom. The predicted molar refractivity (Wildman–Crippen MR) is 131 cm³/mol. The molecule has 1 heterocycles. The summed E-state index contributed by atoms with van der Waals surface area (Å²) in [5.41, 5.74) is 2.71. The van der Waals surface area contributed by atoms with Gasteiger partial charge in [0.15, 0.2) is 0 Å². The Balaban J connectivity index is 1.76. The van der Waals surface area contributed by atoms with E-state index >= 15 is 0 Å². The van der Waals surface area contributed by atoms with E-state index in [4.69, 9.17) is 5.26 Å². The van der Waals surface area contributed by atoms with E-state index in [9.17, 15) is 8.42 Å². The lowest BCUT2D eigenvalue weighted by Crippen LogP contribution is -2.05. The lowest BCUT2D eigenvalue weighted by atomic mass is 10.1. The van der Waals surface area contributed by atoms with Crippen LogP contribution in [0, 0.1) is 11.3 Å². The molecule has 0 spiro atoms. The highest BCUT2D eigenvalue weighted by Crippen LogP contribution is 2.23. The third-order valence-corrected chi connectivity index (χ3v) is 6.18. The summed E-state index contributed by atoms with van der Waals surface area (Å²) < 4.78 is 30.7. The van der Waals surface area contributed by atoms with E-state index in [-0.39, 0.29) is 10.6 Å². The van der Waals surface area contributed by atoms with Gasteiger partial charge in [-0.15, -0.1) is 0 Å². The van der Waals surface area contributed by atoms with Crippen LogP contribution in [-0.2, 0) is 10.0 Å². The smallest absolute Gasteiger partial charge is 0.255 e. The largest absolute Gasteiger partial charge is 0.285 e. The maximum absolute atomic E-state index is 13.3. The number of hydrogen-bond acceptors (Lipinski definition) is 4. The van der Waals surface area contributed by atoms with Gasteiger partial charge in [0.05, 0.1) is 22.9 Å². The standard InChI is InChI=1S/C27H19N3O2S/c28-20-22-15-17-23(18-16-22)25(13-5-4-10-21-8-2-1-3-9-21)30-33(31,32)26-14-6-11-24-12-7-19-29-27(24)26/h1-19H/b10-4+,13-5+,30-25+. The predicted octanol–water partition coefficient (Wildman–Crippen LogP) is 5.55. The zero-order valence-electron chi connectivity index (χ0n) is 17.5. The number of nitriles is 1. The van der Waals surface area contributed by atoms with E-state index in [1.807, 2.05) is 42.5 Å². The molecule has 0 bridgehead atoms. The average molecular weight is 450 g/mol. The van der Waals surface area contributed by atoms with Crippen LogP contribution in [0.1, 0.15) is 16.7 Å². The zero-order chi connectivity index (χ0) is 23.1. The van der Waals surface area contributed by atoms with Crippen LogP contribution in [0.3, 0.4) is 0 Å². The van der Waals surface area contributed by atoms with Crippen LogP contribution >= 0.6 is 0 Å². The van der Waals surface area contributed by atoms with Gasteiger partial charge in [-0.2, -0.15) is 18.1 Å². The molecule has 0 atom stereocenters. The molecule has 0 amide bonds. The quantitative estimate of drug-likeness (QED) is 0.285. The summed E-state index contributed by atoms with van der Waals surface area (Å²) in [6, 6.07) is 27.0. The van der Waals surface area contributed by atoms with Crippen molar-refractivity contribution >= 4 is 32.7 Å². The lowest BCUT2D eigenvalue weighted by Gasteiger charge is -2.06. The molecule has 0 fully saturated rings. The second-order valence-electron chi connectivity index (χ2n) is 7.10. The SMILES string of the molecule is N#Cc1ccc(C(/C=C/C=C/c2ccccc2)=N/S(=O)(=O)c2cccc3cccnc23)cc1. The first-order chi connectivity index (χ1) is 16.1. The molecule has 4 aromatic rings. The highest BCUT2D eigenvalue weighted by Gasteiger charge is 2.18. The maximum atomic E-state index is 13.3. The molecule has 1 aromatic heterocycles. The number of nitrogens with zero attached hydrogens (tertiary/aromatic N) is 3. The highest BCUT2D eigenvalue weighted by atomic mass is 32.2. The van der Waals surface area contributed by atoms with Gasteiger partial charge in [0, 0.05) is 17.1 Å². The van der Waals surface area contributed by atoms with Gasteiger partial charge < -0.3 is 0 Å². The van der Waals surface area contributed by atoms with Crippen LogP contribution in [0.25, 0.3) is 17.0 Å². The molecule has 0 saturated heterocycles. The molecule has 33 heavy (non-hydrogen) atoms. The number of allylic oxidation sites excluding steroid dienone is 3. The summed E-state index contributed by atoms with van der Waals surface area (Å²) >= 11 is 0. The zero-order valence-corrected chi connectivity index (χ0v) is 18.4. The molecule has 6 heteroatoms. The minimum absolute atomic E-state index is 0.0416. The Kier molecular flexibility index (Phi) is 6.53. The average Bonchev–Trinajstić information content (AvgIpc) is 2.86. The van der Waals surface area contributed by atoms with E-state index in [2.05, 4.69) is 15.5 Å². The maximum Gasteiger partial charge on any atom is 0.285 e. The Morgan fingerprint density at radius 2 is 1.64 bits per heavy atom. The van der Waals surface area contributed by atoms with Crippen LogP contribution in [0.4, 0.5) is 0 Å². The van der Waals surface area contributed by atoms with E-state index in [0.717, 1.165) is 10.9 Å². The van der Waals surface area contributed by atoms with E-state index in [1.165, 1.54) is 6.07 Å². The Bertz CT molecular complexity index is 1510. The summed E-state index contributed by atoms with van der Waals surface area (Å²) in [5, 5.41) is 9.80. The molecule has 4 rings (SSSR count). The van der Waals surface area contributed by atoms with Crippen molar-refractivity contribution in [3.63, 3.8) is 0 Å².